The molecule has 406 valence electrons. The lowest BCUT2D eigenvalue weighted by Crippen LogP contribution is -2.59. The topological polar surface area (TPSA) is 270 Å². The fourth-order valence-electron chi connectivity index (χ4n) is 11.1. The third-order valence-corrected chi connectivity index (χ3v) is 16.3. The fraction of sp³-hybridized carbons (Fsp3) is 0.811. The van der Waals surface area contributed by atoms with E-state index in [0.717, 1.165) is 0 Å². The maximum atomic E-state index is 13.5. The van der Waals surface area contributed by atoms with Crippen LogP contribution in [0.1, 0.15) is 115 Å². The van der Waals surface area contributed by atoms with Crippen molar-refractivity contribution in [3.05, 3.63) is 48.6 Å². The van der Waals surface area contributed by atoms with Gasteiger partial charge in [-0.05, 0) is 34.1 Å². The molecule has 0 bridgehead atoms. The van der Waals surface area contributed by atoms with Gasteiger partial charge < -0.3 is 78.7 Å². The van der Waals surface area contributed by atoms with Crippen molar-refractivity contribution in [3.63, 3.8) is 0 Å². The van der Waals surface area contributed by atoms with E-state index < -0.39 is 157 Å². The Morgan fingerprint density at radius 1 is 0.606 bits per heavy atom. The summed E-state index contributed by atoms with van der Waals surface area (Å²) in [5, 5.41) is 89.3. The summed E-state index contributed by atoms with van der Waals surface area (Å²) in [5.41, 5.74) is 0. The molecular formula is C53H86O18. The Bertz CT molecular complexity index is 1820. The average molecular weight is 1010 g/mol. The second-order valence-electron chi connectivity index (χ2n) is 21.4. The van der Waals surface area contributed by atoms with Crippen molar-refractivity contribution in [1.29, 1.82) is 0 Å². The summed E-state index contributed by atoms with van der Waals surface area (Å²) in [6.45, 7) is 21.1. The summed E-state index contributed by atoms with van der Waals surface area (Å²) >= 11 is 0. The number of cyclic esters (lactones) is 2. The van der Waals surface area contributed by atoms with Gasteiger partial charge in [0.15, 0.2) is 24.2 Å². The Hall–Kier alpha value is -2.66. The lowest BCUT2D eigenvalue weighted by molar-refractivity contribution is -0.345. The molecule has 0 saturated carbocycles. The molecule has 0 radical (unpaired) electrons. The van der Waals surface area contributed by atoms with E-state index in [2.05, 4.69) is 0 Å². The largest absolute Gasteiger partial charge is 0.458 e. The Kier molecular flexibility index (Phi) is 21.1. The standard InChI is InChI=1S/C53H86O18/c1-13-37-34(10)71-53(63,25-41(37)67-45-23-39(55)49(61)36(12)65-45)32(8)47(59)30(6)51-27(3)19-15-17-20-42(56)68-50(26(2)18-14-16-21-43(57)69-51)29(5)46(58)31(7)52(62)24-40(28(4)33(9)70-52)66-44-22-38(54)48(60)35(11)64-44/h14-21,26-41,44-51,54-55,58-63H,13,22-25H2,1-12H3/b18-14+,19-15+,20-17+,21-16+/t26-,27-,28+,29-,30-,31-,32-,33+,34+,35-,36-,37+,38-,39-,40+,41+,44-,45+,46+,47+,48+,49+,50-,51-,52+,53+/m0/s1. The maximum Gasteiger partial charge on any atom is 0.331 e. The molecule has 18 nitrogen and oxygen atoms in total. The second-order valence-corrected chi connectivity index (χ2v) is 21.4. The van der Waals surface area contributed by atoms with Gasteiger partial charge in [0.05, 0.1) is 61.0 Å². The molecule has 0 amide bonds. The van der Waals surface area contributed by atoms with Crippen LogP contribution in [0.5, 0.6) is 0 Å². The first kappa shape index (κ1) is 59.2. The van der Waals surface area contributed by atoms with Crippen LogP contribution in [0.15, 0.2) is 48.6 Å². The SMILES string of the molecule is CC[C@@H]1[C@@H](C)O[C@@](O)([C@@H](C)[C@H](O)[C@H](C)[C@H]2OC(=O)/C=C/C=C/[C@H](C)[C@@H]([C@@H](C)[C@@H](O)[C@H](C)[C@@]3(O)C[C@@H](O[C@H]4C[C@H](O)[C@H](O)[C@H](C)O4)[C@H](C)[C@@H](C)O3)OC(=O)/C=C/C=C/[C@@H]2C)C[C@H]1O[C@@H]1C[C@H](O)[C@H](O)[C@H](C)O1. The zero-order valence-electron chi connectivity index (χ0n) is 43.7. The van der Waals surface area contributed by atoms with E-state index >= 15 is 0 Å². The van der Waals surface area contributed by atoms with E-state index in [1.165, 1.54) is 24.3 Å². The number of hydrogen-bond acceptors (Lipinski definition) is 18. The first-order chi connectivity index (χ1) is 33.2. The van der Waals surface area contributed by atoms with Crippen molar-refractivity contribution in [2.24, 2.45) is 47.3 Å². The smallest absolute Gasteiger partial charge is 0.331 e. The summed E-state index contributed by atoms with van der Waals surface area (Å²) in [6, 6.07) is 0. The first-order valence-electron chi connectivity index (χ1n) is 25.8. The summed E-state index contributed by atoms with van der Waals surface area (Å²) < 4.78 is 48.8. The summed E-state index contributed by atoms with van der Waals surface area (Å²) in [5.74, 6) is -9.89. The number of esters is 2. The minimum absolute atomic E-state index is 0.0265. The summed E-state index contributed by atoms with van der Waals surface area (Å²) in [7, 11) is 0. The van der Waals surface area contributed by atoms with E-state index in [4.69, 9.17) is 37.9 Å². The molecule has 4 saturated heterocycles. The van der Waals surface area contributed by atoms with E-state index in [-0.39, 0.29) is 37.5 Å². The highest BCUT2D eigenvalue weighted by Gasteiger charge is 2.54. The molecular weight excluding hydrogens is 925 g/mol. The van der Waals surface area contributed by atoms with Crippen LogP contribution in [-0.2, 0) is 47.5 Å². The van der Waals surface area contributed by atoms with Gasteiger partial charge in [0, 0.05) is 85.2 Å². The van der Waals surface area contributed by atoms with E-state index in [1.54, 1.807) is 86.6 Å². The molecule has 8 N–H and O–H groups in total. The minimum atomic E-state index is -1.88. The van der Waals surface area contributed by atoms with Crippen LogP contribution in [0.4, 0.5) is 0 Å². The molecule has 5 rings (SSSR count). The van der Waals surface area contributed by atoms with Crippen molar-refractivity contribution < 1.29 is 88.3 Å². The number of ether oxygens (including phenoxy) is 8. The number of allylic oxidation sites excluding steroid dienone is 4. The molecule has 18 heteroatoms. The van der Waals surface area contributed by atoms with Gasteiger partial charge in [0.25, 0.3) is 0 Å². The van der Waals surface area contributed by atoms with Crippen molar-refractivity contribution >= 4 is 11.9 Å². The number of aliphatic hydroxyl groups excluding tert-OH is 6. The molecule has 5 aliphatic rings. The highest BCUT2D eigenvalue weighted by molar-refractivity contribution is 5.83. The van der Waals surface area contributed by atoms with E-state index in [1.807, 2.05) is 20.8 Å². The third kappa shape index (κ3) is 14.4. The number of carbonyl (C=O) groups is 2. The fourth-order valence-corrected chi connectivity index (χ4v) is 11.1. The van der Waals surface area contributed by atoms with Crippen LogP contribution < -0.4 is 0 Å². The zero-order valence-corrected chi connectivity index (χ0v) is 43.7. The molecule has 5 heterocycles. The minimum Gasteiger partial charge on any atom is -0.458 e. The van der Waals surface area contributed by atoms with Crippen LogP contribution in [0.25, 0.3) is 0 Å². The molecule has 0 aliphatic carbocycles. The number of rotatable bonds is 13. The van der Waals surface area contributed by atoms with E-state index in [0.29, 0.717) is 6.42 Å². The number of aliphatic hydroxyl groups is 8. The predicted molar refractivity (Wildman–Crippen MR) is 258 cm³/mol. The number of hydrogen-bond donors (Lipinski definition) is 8. The van der Waals surface area contributed by atoms with Crippen LogP contribution in [0.3, 0.4) is 0 Å². The normalized spacial score (nSPS) is 46.5. The monoisotopic (exact) mass is 1010 g/mol. The van der Waals surface area contributed by atoms with Gasteiger partial charge in [0.1, 0.15) is 24.4 Å². The van der Waals surface area contributed by atoms with Gasteiger partial charge in [-0.15, -0.1) is 0 Å². The third-order valence-electron chi connectivity index (χ3n) is 16.3. The number of carbonyl (C=O) groups excluding carboxylic acids is 2. The van der Waals surface area contributed by atoms with Crippen molar-refractivity contribution in [2.45, 2.75) is 225 Å². The Balaban J connectivity index is 1.28. The zero-order chi connectivity index (χ0) is 52.9. The highest BCUT2D eigenvalue weighted by Crippen LogP contribution is 2.44. The Labute approximate surface area is 420 Å². The lowest BCUT2D eigenvalue weighted by atomic mass is 9.76. The van der Waals surface area contributed by atoms with E-state index in [9.17, 15) is 50.4 Å². The average Bonchev–Trinajstić information content (AvgIpc) is 3.30. The molecule has 0 aromatic heterocycles. The van der Waals surface area contributed by atoms with Gasteiger partial charge in [-0.1, -0.05) is 91.8 Å². The quantitative estimate of drug-likeness (QED) is 0.122. The van der Waals surface area contributed by atoms with Gasteiger partial charge in [0.2, 0.25) is 0 Å². The van der Waals surface area contributed by atoms with Crippen molar-refractivity contribution in [2.75, 3.05) is 0 Å². The molecule has 26 atom stereocenters. The summed E-state index contributed by atoms with van der Waals surface area (Å²) in [4.78, 5) is 27.0. The van der Waals surface area contributed by atoms with Crippen LogP contribution in [0.2, 0.25) is 0 Å². The van der Waals surface area contributed by atoms with Crippen molar-refractivity contribution in [3.8, 4) is 0 Å². The van der Waals surface area contributed by atoms with Crippen molar-refractivity contribution in [1.82, 2.24) is 0 Å². The molecule has 4 fully saturated rings. The molecule has 0 aromatic carbocycles. The van der Waals surface area contributed by atoms with Gasteiger partial charge in [-0.25, -0.2) is 9.59 Å². The molecule has 71 heavy (non-hydrogen) atoms. The molecule has 5 aliphatic heterocycles. The van der Waals surface area contributed by atoms with Gasteiger partial charge in [-0.2, -0.15) is 0 Å². The van der Waals surface area contributed by atoms with Gasteiger partial charge >= 0.3 is 11.9 Å². The second kappa shape index (κ2) is 25.2. The Morgan fingerprint density at radius 3 is 1.41 bits per heavy atom. The predicted octanol–water partition coefficient (Wildman–Crippen LogP) is 3.73. The van der Waals surface area contributed by atoms with Crippen LogP contribution in [0, 0.1) is 47.3 Å². The first-order valence-corrected chi connectivity index (χ1v) is 25.8. The van der Waals surface area contributed by atoms with Crippen LogP contribution >= 0.6 is 0 Å². The molecule has 0 spiro atoms. The van der Waals surface area contributed by atoms with Gasteiger partial charge in [-0.3, -0.25) is 0 Å². The lowest BCUT2D eigenvalue weighted by Gasteiger charge is -2.50. The Morgan fingerprint density at radius 2 is 1.00 bits per heavy atom. The molecule has 0 aromatic rings. The molecule has 0 unspecified atom stereocenters. The highest BCUT2D eigenvalue weighted by atomic mass is 16.7. The summed E-state index contributed by atoms with van der Waals surface area (Å²) in [6.07, 6.45) is -1.03. The van der Waals surface area contributed by atoms with Crippen LogP contribution in [-0.4, -0.2) is 162 Å². The maximum absolute atomic E-state index is 13.5.